The van der Waals surface area contributed by atoms with Crippen LogP contribution in [-0.4, -0.2) is 31.2 Å². The van der Waals surface area contributed by atoms with Gasteiger partial charge in [-0.25, -0.2) is 0 Å². The Balaban J connectivity index is 2.16. The fourth-order valence-electron chi connectivity index (χ4n) is 1.90. The SMILES string of the molecule is CC(N)CC(=O)NCC1CCOC(C)C1. The van der Waals surface area contributed by atoms with Crippen molar-refractivity contribution in [1.82, 2.24) is 5.32 Å². The average molecular weight is 214 g/mol. The van der Waals surface area contributed by atoms with Crippen molar-refractivity contribution in [2.24, 2.45) is 11.7 Å². The summed E-state index contributed by atoms with van der Waals surface area (Å²) in [5, 5.41) is 2.93. The second-order valence-electron chi connectivity index (χ2n) is 4.56. The molecule has 3 unspecified atom stereocenters. The molecule has 0 aliphatic carbocycles. The number of nitrogens with two attached hydrogens (primary N) is 1. The van der Waals surface area contributed by atoms with E-state index in [1.54, 1.807) is 0 Å². The van der Waals surface area contributed by atoms with Crippen LogP contribution in [0.4, 0.5) is 0 Å². The van der Waals surface area contributed by atoms with Crippen LogP contribution in [0.15, 0.2) is 0 Å². The molecule has 1 amide bonds. The summed E-state index contributed by atoms with van der Waals surface area (Å²) >= 11 is 0. The van der Waals surface area contributed by atoms with Gasteiger partial charge in [0.05, 0.1) is 6.10 Å². The Kier molecular flexibility index (Phi) is 5.05. The summed E-state index contributed by atoms with van der Waals surface area (Å²) in [7, 11) is 0. The Bertz CT molecular complexity index is 207. The summed E-state index contributed by atoms with van der Waals surface area (Å²) in [5.74, 6) is 0.620. The highest BCUT2D eigenvalue weighted by atomic mass is 16.5. The van der Waals surface area contributed by atoms with Gasteiger partial charge >= 0.3 is 0 Å². The van der Waals surface area contributed by atoms with Crippen LogP contribution < -0.4 is 11.1 Å². The zero-order valence-corrected chi connectivity index (χ0v) is 9.66. The van der Waals surface area contributed by atoms with E-state index in [0.717, 1.165) is 26.0 Å². The molecule has 1 rings (SSSR count). The Labute approximate surface area is 91.5 Å². The summed E-state index contributed by atoms with van der Waals surface area (Å²) in [4.78, 5) is 11.4. The molecule has 4 nitrogen and oxygen atoms in total. The monoisotopic (exact) mass is 214 g/mol. The summed E-state index contributed by atoms with van der Waals surface area (Å²) in [6.45, 7) is 5.50. The molecular formula is C11H22N2O2. The van der Waals surface area contributed by atoms with Gasteiger partial charge in [0.15, 0.2) is 0 Å². The van der Waals surface area contributed by atoms with E-state index in [0.29, 0.717) is 18.4 Å². The first-order valence-corrected chi connectivity index (χ1v) is 5.71. The highest BCUT2D eigenvalue weighted by molar-refractivity contribution is 5.76. The number of ether oxygens (including phenoxy) is 1. The van der Waals surface area contributed by atoms with Gasteiger partial charge in [-0.3, -0.25) is 4.79 Å². The Morgan fingerprint density at radius 2 is 2.40 bits per heavy atom. The maximum absolute atomic E-state index is 11.4. The number of amides is 1. The fourth-order valence-corrected chi connectivity index (χ4v) is 1.90. The molecule has 3 N–H and O–H groups in total. The number of carbonyl (C=O) groups excluding carboxylic acids is 1. The Morgan fingerprint density at radius 3 is 3.00 bits per heavy atom. The van der Waals surface area contributed by atoms with Crippen molar-refractivity contribution < 1.29 is 9.53 Å². The van der Waals surface area contributed by atoms with E-state index in [9.17, 15) is 4.79 Å². The minimum atomic E-state index is -0.0568. The molecule has 0 aromatic rings. The van der Waals surface area contributed by atoms with Crippen LogP contribution in [0.1, 0.15) is 33.1 Å². The number of rotatable bonds is 4. The lowest BCUT2D eigenvalue weighted by molar-refractivity contribution is -0.121. The van der Waals surface area contributed by atoms with Crippen molar-refractivity contribution in [2.75, 3.05) is 13.2 Å². The van der Waals surface area contributed by atoms with Gasteiger partial charge in [0, 0.05) is 25.6 Å². The van der Waals surface area contributed by atoms with Gasteiger partial charge in [-0.1, -0.05) is 0 Å². The second kappa shape index (κ2) is 6.08. The molecule has 0 aromatic heterocycles. The van der Waals surface area contributed by atoms with Crippen LogP contribution in [0.3, 0.4) is 0 Å². The smallest absolute Gasteiger partial charge is 0.221 e. The topological polar surface area (TPSA) is 64.4 Å². The largest absolute Gasteiger partial charge is 0.378 e. The van der Waals surface area contributed by atoms with Crippen LogP contribution in [0.25, 0.3) is 0 Å². The summed E-state index contributed by atoms with van der Waals surface area (Å²) in [5.41, 5.74) is 5.54. The van der Waals surface area contributed by atoms with Crippen LogP contribution in [0.5, 0.6) is 0 Å². The molecular weight excluding hydrogens is 192 g/mol. The van der Waals surface area contributed by atoms with Crippen LogP contribution >= 0.6 is 0 Å². The van der Waals surface area contributed by atoms with Crippen molar-refractivity contribution in [1.29, 1.82) is 0 Å². The number of nitrogens with one attached hydrogen (secondary N) is 1. The number of hydrogen-bond acceptors (Lipinski definition) is 3. The summed E-state index contributed by atoms with van der Waals surface area (Å²) in [6, 6.07) is -0.0568. The molecule has 1 fully saturated rings. The van der Waals surface area contributed by atoms with E-state index < -0.39 is 0 Å². The van der Waals surface area contributed by atoms with Gasteiger partial charge in [-0.15, -0.1) is 0 Å². The third-order valence-corrected chi connectivity index (χ3v) is 2.69. The lowest BCUT2D eigenvalue weighted by Crippen LogP contribution is -2.36. The Hall–Kier alpha value is -0.610. The van der Waals surface area contributed by atoms with Crippen LogP contribution in [0, 0.1) is 5.92 Å². The lowest BCUT2D eigenvalue weighted by Gasteiger charge is -2.27. The van der Waals surface area contributed by atoms with E-state index in [-0.39, 0.29) is 11.9 Å². The molecule has 0 saturated carbocycles. The maximum atomic E-state index is 11.4. The first-order valence-electron chi connectivity index (χ1n) is 5.71. The standard InChI is InChI=1S/C11H22N2O2/c1-8(12)5-11(14)13-7-10-3-4-15-9(2)6-10/h8-10H,3-7,12H2,1-2H3,(H,13,14). The highest BCUT2D eigenvalue weighted by Gasteiger charge is 2.19. The number of hydrogen-bond donors (Lipinski definition) is 2. The molecule has 0 bridgehead atoms. The second-order valence-corrected chi connectivity index (χ2v) is 4.56. The molecule has 0 spiro atoms. The first-order chi connectivity index (χ1) is 7.08. The predicted octanol–water partition coefficient (Wildman–Crippen LogP) is 0.655. The Morgan fingerprint density at radius 1 is 1.67 bits per heavy atom. The maximum Gasteiger partial charge on any atom is 0.221 e. The third kappa shape index (κ3) is 5.14. The van der Waals surface area contributed by atoms with Gasteiger partial charge in [-0.05, 0) is 32.6 Å². The molecule has 1 saturated heterocycles. The molecule has 15 heavy (non-hydrogen) atoms. The first kappa shape index (κ1) is 12.5. The van der Waals surface area contributed by atoms with Crippen molar-refractivity contribution in [3.05, 3.63) is 0 Å². The molecule has 0 radical (unpaired) electrons. The van der Waals surface area contributed by atoms with Crippen molar-refractivity contribution >= 4 is 5.91 Å². The average Bonchev–Trinajstić information content (AvgIpc) is 2.14. The van der Waals surface area contributed by atoms with Crippen molar-refractivity contribution in [3.63, 3.8) is 0 Å². The molecule has 0 aromatic carbocycles. The number of carbonyl (C=O) groups is 1. The zero-order chi connectivity index (χ0) is 11.3. The predicted molar refractivity (Wildman–Crippen MR) is 59.4 cm³/mol. The van der Waals surface area contributed by atoms with E-state index in [2.05, 4.69) is 12.2 Å². The van der Waals surface area contributed by atoms with E-state index in [1.165, 1.54) is 0 Å². The fraction of sp³-hybridized carbons (Fsp3) is 0.909. The third-order valence-electron chi connectivity index (χ3n) is 2.69. The summed E-state index contributed by atoms with van der Waals surface area (Å²) in [6.07, 6.45) is 2.83. The highest BCUT2D eigenvalue weighted by Crippen LogP contribution is 2.18. The minimum absolute atomic E-state index is 0.0568. The summed E-state index contributed by atoms with van der Waals surface area (Å²) < 4.78 is 5.45. The van der Waals surface area contributed by atoms with Crippen LogP contribution in [-0.2, 0) is 9.53 Å². The van der Waals surface area contributed by atoms with E-state index >= 15 is 0 Å². The van der Waals surface area contributed by atoms with E-state index in [1.807, 2.05) is 6.92 Å². The lowest BCUT2D eigenvalue weighted by atomic mass is 9.96. The normalized spacial score (nSPS) is 28.5. The van der Waals surface area contributed by atoms with Gasteiger partial charge in [0.1, 0.15) is 0 Å². The molecule has 1 aliphatic heterocycles. The molecule has 4 heteroatoms. The van der Waals surface area contributed by atoms with E-state index in [4.69, 9.17) is 10.5 Å². The van der Waals surface area contributed by atoms with Gasteiger partial charge < -0.3 is 15.8 Å². The van der Waals surface area contributed by atoms with Gasteiger partial charge in [0.25, 0.3) is 0 Å². The quantitative estimate of drug-likeness (QED) is 0.722. The van der Waals surface area contributed by atoms with Crippen LogP contribution in [0.2, 0.25) is 0 Å². The molecule has 3 atom stereocenters. The molecule has 88 valence electrons. The minimum Gasteiger partial charge on any atom is -0.378 e. The van der Waals surface area contributed by atoms with Gasteiger partial charge in [-0.2, -0.15) is 0 Å². The van der Waals surface area contributed by atoms with Gasteiger partial charge in [0.2, 0.25) is 5.91 Å². The van der Waals surface area contributed by atoms with Crippen molar-refractivity contribution in [3.8, 4) is 0 Å². The molecule has 1 heterocycles. The van der Waals surface area contributed by atoms with Crippen molar-refractivity contribution in [2.45, 2.75) is 45.3 Å². The zero-order valence-electron chi connectivity index (χ0n) is 9.66. The molecule has 1 aliphatic rings.